The monoisotopic (exact) mass is 157 g/mol. The van der Waals surface area contributed by atoms with Crippen molar-refractivity contribution in [3.63, 3.8) is 0 Å². The van der Waals surface area contributed by atoms with Crippen molar-refractivity contribution in [2.24, 2.45) is 0 Å². The zero-order valence-electron chi connectivity index (χ0n) is 7.33. The standard InChI is InChI=1S/C11H11N/c1-3-9(2)11-6-4-5-10(7-11)8-12/h3-7H,1-2H3/b9-3-. The smallest absolute Gasteiger partial charge is 0.0991 e. The van der Waals surface area contributed by atoms with E-state index >= 15 is 0 Å². The SMILES string of the molecule is C/C=C(/C)c1cccc(C#N)c1. The summed E-state index contributed by atoms with van der Waals surface area (Å²) >= 11 is 0. The third kappa shape index (κ3) is 1.73. The van der Waals surface area contributed by atoms with Gasteiger partial charge in [-0.3, -0.25) is 0 Å². The molecular formula is C11H11N. The summed E-state index contributed by atoms with van der Waals surface area (Å²) in [5.74, 6) is 0. The molecule has 1 nitrogen and oxygen atoms in total. The predicted octanol–water partition coefficient (Wildman–Crippen LogP) is 2.98. The molecule has 0 amide bonds. The van der Waals surface area contributed by atoms with Crippen LogP contribution in [0.1, 0.15) is 25.0 Å². The van der Waals surface area contributed by atoms with Crippen LogP contribution in [0, 0.1) is 11.3 Å². The number of nitriles is 1. The highest BCUT2D eigenvalue weighted by Crippen LogP contribution is 2.14. The second-order valence-corrected chi connectivity index (χ2v) is 2.66. The molecule has 1 aromatic rings. The zero-order valence-corrected chi connectivity index (χ0v) is 7.33. The molecule has 0 N–H and O–H groups in total. The molecule has 1 heteroatoms. The molecule has 0 unspecified atom stereocenters. The third-order valence-electron chi connectivity index (χ3n) is 1.88. The van der Waals surface area contributed by atoms with Crippen LogP contribution in [0.2, 0.25) is 0 Å². The Hall–Kier alpha value is -1.55. The van der Waals surface area contributed by atoms with Crippen LogP contribution in [0.25, 0.3) is 5.57 Å². The Labute approximate surface area is 73.0 Å². The maximum absolute atomic E-state index is 8.65. The van der Waals surface area contributed by atoms with Crippen molar-refractivity contribution in [3.8, 4) is 6.07 Å². The first-order valence-electron chi connectivity index (χ1n) is 3.91. The molecule has 0 spiro atoms. The molecule has 1 rings (SSSR count). The van der Waals surface area contributed by atoms with Crippen molar-refractivity contribution in [2.75, 3.05) is 0 Å². The number of benzene rings is 1. The van der Waals surface area contributed by atoms with E-state index in [0.717, 1.165) is 5.56 Å². The summed E-state index contributed by atoms with van der Waals surface area (Å²) in [6, 6.07) is 9.74. The van der Waals surface area contributed by atoms with Gasteiger partial charge in [-0.25, -0.2) is 0 Å². The molecule has 1 aromatic carbocycles. The predicted molar refractivity (Wildman–Crippen MR) is 50.5 cm³/mol. The van der Waals surface area contributed by atoms with E-state index in [-0.39, 0.29) is 0 Å². The number of nitrogens with zero attached hydrogens (tertiary/aromatic N) is 1. The fourth-order valence-corrected chi connectivity index (χ4v) is 1.00. The molecule has 0 heterocycles. The average molecular weight is 157 g/mol. The van der Waals surface area contributed by atoms with Gasteiger partial charge in [0.2, 0.25) is 0 Å². The van der Waals surface area contributed by atoms with Crippen LogP contribution in [0.4, 0.5) is 0 Å². The van der Waals surface area contributed by atoms with Crippen LogP contribution in [0.15, 0.2) is 30.3 Å². The van der Waals surface area contributed by atoms with Crippen LogP contribution >= 0.6 is 0 Å². The first-order valence-corrected chi connectivity index (χ1v) is 3.91. The van der Waals surface area contributed by atoms with Gasteiger partial charge in [0.25, 0.3) is 0 Å². The third-order valence-corrected chi connectivity index (χ3v) is 1.88. The minimum absolute atomic E-state index is 0.716. The minimum atomic E-state index is 0.716. The van der Waals surface area contributed by atoms with E-state index in [2.05, 4.69) is 6.07 Å². The van der Waals surface area contributed by atoms with Gasteiger partial charge < -0.3 is 0 Å². The fraction of sp³-hybridized carbons (Fsp3) is 0.182. The van der Waals surface area contributed by atoms with E-state index in [1.807, 2.05) is 44.2 Å². The Kier molecular flexibility index (Phi) is 2.66. The van der Waals surface area contributed by atoms with E-state index in [4.69, 9.17) is 5.26 Å². The lowest BCUT2D eigenvalue weighted by molar-refractivity contribution is 1.46. The molecular weight excluding hydrogens is 146 g/mol. The summed E-state index contributed by atoms with van der Waals surface area (Å²) in [7, 11) is 0. The maximum atomic E-state index is 8.65. The summed E-state index contributed by atoms with van der Waals surface area (Å²) in [5.41, 5.74) is 3.04. The van der Waals surface area contributed by atoms with Crippen LogP contribution in [0.5, 0.6) is 0 Å². The van der Waals surface area contributed by atoms with Gasteiger partial charge in [-0.05, 0) is 37.1 Å². The number of hydrogen-bond acceptors (Lipinski definition) is 1. The maximum Gasteiger partial charge on any atom is 0.0991 e. The van der Waals surface area contributed by atoms with Crippen LogP contribution in [-0.4, -0.2) is 0 Å². The number of allylic oxidation sites excluding steroid dienone is 2. The Balaban J connectivity index is 3.12. The highest BCUT2D eigenvalue weighted by molar-refractivity contribution is 5.64. The lowest BCUT2D eigenvalue weighted by atomic mass is 10.1. The first-order chi connectivity index (χ1) is 5.77. The van der Waals surface area contributed by atoms with Gasteiger partial charge in [-0.1, -0.05) is 18.2 Å². The Morgan fingerprint density at radius 3 is 2.83 bits per heavy atom. The molecule has 0 aliphatic heterocycles. The van der Waals surface area contributed by atoms with Crippen molar-refractivity contribution in [1.29, 1.82) is 5.26 Å². The summed E-state index contributed by atoms with van der Waals surface area (Å²) in [6.45, 7) is 4.03. The second-order valence-electron chi connectivity index (χ2n) is 2.66. The molecule has 60 valence electrons. The topological polar surface area (TPSA) is 23.8 Å². The highest BCUT2D eigenvalue weighted by atomic mass is 14.2. The Morgan fingerprint density at radius 2 is 2.25 bits per heavy atom. The van der Waals surface area contributed by atoms with E-state index in [1.165, 1.54) is 5.57 Å². The molecule has 0 fully saturated rings. The van der Waals surface area contributed by atoms with Gasteiger partial charge >= 0.3 is 0 Å². The van der Waals surface area contributed by atoms with Crippen molar-refractivity contribution in [1.82, 2.24) is 0 Å². The summed E-state index contributed by atoms with van der Waals surface area (Å²) in [4.78, 5) is 0. The van der Waals surface area contributed by atoms with E-state index in [1.54, 1.807) is 0 Å². The van der Waals surface area contributed by atoms with E-state index in [0.29, 0.717) is 5.56 Å². The van der Waals surface area contributed by atoms with Gasteiger partial charge in [0.05, 0.1) is 11.6 Å². The molecule has 0 saturated heterocycles. The summed E-state index contributed by atoms with van der Waals surface area (Å²) in [5, 5.41) is 8.65. The minimum Gasteiger partial charge on any atom is -0.192 e. The van der Waals surface area contributed by atoms with Gasteiger partial charge in [0, 0.05) is 0 Å². The van der Waals surface area contributed by atoms with Gasteiger partial charge in [0.15, 0.2) is 0 Å². The van der Waals surface area contributed by atoms with Crippen molar-refractivity contribution in [2.45, 2.75) is 13.8 Å². The second kappa shape index (κ2) is 3.73. The highest BCUT2D eigenvalue weighted by Gasteiger charge is 1.94. The largest absolute Gasteiger partial charge is 0.192 e. The molecule has 0 aliphatic carbocycles. The van der Waals surface area contributed by atoms with E-state index in [9.17, 15) is 0 Å². The van der Waals surface area contributed by atoms with Crippen molar-refractivity contribution >= 4 is 5.57 Å². The molecule has 12 heavy (non-hydrogen) atoms. The molecule has 0 saturated carbocycles. The molecule has 0 bridgehead atoms. The quantitative estimate of drug-likeness (QED) is 0.614. The zero-order chi connectivity index (χ0) is 8.97. The van der Waals surface area contributed by atoms with Crippen LogP contribution in [0.3, 0.4) is 0 Å². The first kappa shape index (κ1) is 8.55. The molecule has 0 aliphatic rings. The number of hydrogen-bond donors (Lipinski definition) is 0. The van der Waals surface area contributed by atoms with Crippen molar-refractivity contribution < 1.29 is 0 Å². The Morgan fingerprint density at radius 1 is 1.50 bits per heavy atom. The molecule has 0 atom stereocenters. The normalized spacial score (nSPS) is 10.9. The fourth-order valence-electron chi connectivity index (χ4n) is 1.00. The lowest BCUT2D eigenvalue weighted by Gasteiger charge is -1.99. The van der Waals surface area contributed by atoms with Crippen LogP contribution in [-0.2, 0) is 0 Å². The number of rotatable bonds is 1. The lowest BCUT2D eigenvalue weighted by Crippen LogP contribution is -1.80. The Bertz CT molecular complexity index is 342. The summed E-state index contributed by atoms with van der Waals surface area (Å²) < 4.78 is 0. The average Bonchev–Trinajstić information content (AvgIpc) is 2.17. The van der Waals surface area contributed by atoms with Gasteiger partial charge in [-0.15, -0.1) is 0 Å². The van der Waals surface area contributed by atoms with Crippen molar-refractivity contribution in [3.05, 3.63) is 41.5 Å². The van der Waals surface area contributed by atoms with Crippen LogP contribution < -0.4 is 0 Å². The van der Waals surface area contributed by atoms with E-state index < -0.39 is 0 Å². The molecule has 0 aromatic heterocycles. The van der Waals surface area contributed by atoms with Gasteiger partial charge in [-0.2, -0.15) is 5.26 Å². The van der Waals surface area contributed by atoms with Gasteiger partial charge in [0.1, 0.15) is 0 Å². The molecule has 0 radical (unpaired) electrons. The summed E-state index contributed by atoms with van der Waals surface area (Å²) in [6.07, 6.45) is 2.04.